The maximum Gasteiger partial charge on any atom is 0.344 e. The van der Waals surface area contributed by atoms with E-state index in [2.05, 4.69) is 15.2 Å². The van der Waals surface area contributed by atoms with Crippen LogP contribution in [-0.4, -0.2) is 47.8 Å². The van der Waals surface area contributed by atoms with Crippen LogP contribution in [0.25, 0.3) is 11.1 Å². The number of nitrogens with zero attached hydrogens (tertiary/aromatic N) is 2. The van der Waals surface area contributed by atoms with E-state index in [9.17, 15) is 24.3 Å². The molecule has 0 aliphatic carbocycles. The topological polar surface area (TPSA) is 157 Å². The Morgan fingerprint density at radius 2 is 1.49 bits per heavy atom. The van der Waals surface area contributed by atoms with Crippen LogP contribution in [-0.2, 0) is 14.2 Å². The van der Waals surface area contributed by atoms with Gasteiger partial charge in [-0.2, -0.15) is 0 Å². The van der Waals surface area contributed by atoms with Crippen molar-refractivity contribution < 1.29 is 33.7 Å². The lowest BCUT2D eigenvalue weighted by Crippen LogP contribution is -2.14. The Kier molecular flexibility index (Phi) is 11.3. The van der Waals surface area contributed by atoms with Gasteiger partial charge < -0.3 is 19.3 Å². The number of rotatable bonds is 13. The van der Waals surface area contributed by atoms with E-state index < -0.39 is 29.3 Å². The first kappa shape index (κ1) is 30.7. The molecule has 0 saturated heterocycles. The van der Waals surface area contributed by atoms with Gasteiger partial charge in [-0.3, -0.25) is 9.78 Å². The molecule has 0 atom stereocenters. The zero-order valence-corrected chi connectivity index (χ0v) is 23.3. The van der Waals surface area contributed by atoms with E-state index in [1.54, 1.807) is 37.3 Å². The summed E-state index contributed by atoms with van der Waals surface area (Å²) in [6.07, 6.45) is 3.00. The number of carbonyl (C=O) groups is 3. The van der Waals surface area contributed by atoms with Crippen LogP contribution in [0.5, 0.6) is 5.88 Å². The van der Waals surface area contributed by atoms with Crippen LogP contribution in [0.15, 0.2) is 63.6 Å². The predicted octanol–water partition coefficient (Wildman–Crippen LogP) is 6.25. The van der Waals surface area contributed by atoms with Crippen molar-refractivity contribution in [2.75, 3.05) is 19.8 Å². The van der Waals surface area contributed by atoms with Crippen LogP contribution in [0.3, 0.4) is 0 Å². The van der Waals surface area contributed by atoms with Gasteiger partial charge >= 0.3 is 17.9 Å². The smallest absolute Gasteiger partial charge is 0.344 e. The maximum absolute atomic E-state index is 13.0. The maximum atomic E-state index is 13.0. The molecule has 1 heterocycles. The SMILES string of the molecule is CCCCOC(=O)c1ccc(C(=O)OCCCC)c(N=Nc2c(-c3ccccc3)c(C(=O)OCC)c(O)[nH]c2=O)c1. The van der Waals surface area contributed by atoms with Crippen LogP contribution in [0.4, 0.5) is 11.4 Å². The van der Waals surface area contributed by atoms with Gasteiger partial charge in [-0.1, -0.05) is 57.0 Å². The number of aromatic amines is 1. The molecule has 1 aromatic heterocycles. The first-order valence-electron chi connectivity index (χ1n) is 13.4. The number of azo groups is 1. The molecule has 11 nitrogen and oxygen atoms in total. The zero-order valence-electron chi connectivity index (χ0n) is 23.3. The van der Waals surface area contributed by atoms with Gasteiger partial charge in [0.2, 0.25) is 5.88 Å². The van der Waals surface area contributed by atoms with Gasteiger partial charge in [-0.25, -0.2) is 14.4 Å². The lowest BCUT2D eigenvalue weighted by atomic mass is 9.99. The third-order valence-electron chi connectivity index (χ3n) is 5.89. The highest BCUT2D eigenvalue weighted by Crippen LogP contribution is 2.36. The quantitative estimate of drug-likeness (QED) is 0.107. The van der Waals surface area contributed by atoms with Crippen molar-refractivity contribution >= 4 is 29.3 Å². The molecule has 0 radical (unpaired) electrons. The highest BCUT2D eigenvalue weighted by atomic mass is 16.5. The molecule has 41 heavy (non-hydrogen) atoms. The monoisotopic (exact) mass is 563 g/mol. The first-order chi connectivity index (χ1) is 19.8. The standard InChI is InChI=1S/C30H33N3O8/c1-4-7-16-40-28(36)20-14-15-21(29(37)41-17-8-5-2)22(18-20)32-33-25-23(19-12-10-9-11-13-19)24(30(38)39-6-3)26(34)31-27(25)35/h9-15,18H,4-8,16-17H2,1-3H3,(H2,31,34,35). The van der Waals surface area contributed by atoms with Crippen LogP contribution in [0.1, 0.15) is 77.5 Å². The van der Waals surface area contributed by atoms with Crippen molar-refractivity contribution in [2.45, 2.75) is 46.5 Å². The third-order valence-corrected chi connectivity index (χ3v) is 5.89. The number of benzene rings is 2. The number of carbonyl (C=O) groups excluding carboxylic acids is 3. The number of esters is 3. The Balaban J connectivity index is 2.17. The number of nitrogens with one attached hydrogen (secondary N) is 1. The Morgan fingerprint density at radius 3 is 2.12 bits per heavy atom. The fourth-order valence-electron chi connectivity index (χ4n) is 3.76. The number of hydrogen-bond acceptors (Lipinski definition) is 10. The summed E-state index contributed by atoms with van der Waals surface area (Å²) in [7, 11) is 0. The Morgan fingerprint density at radius 1 is 0.829 bits per heavy atom. The van der Waals surface area contributed by atoms with Crippen molar-refractivity contribution in [1.82, 2.24) is 4.98 Å². The molecular formula is C30H33N3O8. The lowest BCUT2D eigenvalue weighted by molar-refractivity contribution is 0.0486. The van der Waals surface area contributed by atoms with Crippen molar-refractivity contribution in [3.05, 3.63) is 75.6 Å². The fraction of sp³-hybridized carbons (Fsp3) is 0.333. The number of unbranched alkanes of at least 4 members (excludes halogenated alkanes) is 2. The van der Waals surface area contributed by atoms with Gasteiger partial charge in [0.25, 0.3) is 5.56 Å². The second kappa shape index (κ2) is 15.1. The van der Waals surface area contributed by atoms with Crippen LogP contribution < -0.4 is 5.56 Å². The predicted molar refractivity (Wildman–Crippen MR) is 151 cm³/mol. The molecule has 0 aliphatic heterocycles. The van der Waals surface area contributed by atoms with E-state index in [0.717, 1.165) is 12.8 Å². The van der Waals surface area contributed by atoms with Crippen molar-refractivity contribution in [3.8, 4) is 17.0 Å². The average molecular weight is 564 g/mol. The number of hydrogen-bond donors (Lipinski definition) is 2. The minimum Gasteiger partial charge on any atom is -0.494 e. The van der Waals surface area contributed by atoms with Crippen LogP contribution in [0, 0.1) is 0 Å². The number of pyridine rings is 1. The molecule has 0 fully saturated rings. The van der Waals surface area contributed by atoms with Crippen molar-refractivity contribution in [1.29, 1.82) is 0 Å². The Hall–Kier alpha value is -4.80. The van der Waals surface area contributed by atoms with Gasteiger partial charge in [-0.05, 0) is 43.5 Å². The Bertz CT molecular complexity index is 1460. The summed E-state index contributed by atoms with van der Waals surface area (Å²) in [4.78, 5) is 53.5. The Labute approximate surface area is 237 Å². The van der Waals surface area contributed by atoms with Gasteiger partial charge in [-0.15, -0.1) is 10.2 Å². The molecule has 0 saturated carbocycles. The van der Waals surface area contributed by atoms with Gasteiger partial charge in [0.1, 0.15) is 11.3 Å². The molecule has 0 unspecified atom stereocenters. The molecule has 216 valence electrons. The van der Waals surface area contributed by atoms with E-state index in [1.807, 2.05) is 13.8 Å². The molecule has 11 heteroatoms. The summed E-state index contributed by atoms with van der Waals surface area (Å²) in [5.74, 6) is -2.87. The number of ether oxygens (including phenoxy) is 3. The normalized spacial score (nSPS) is 10.9. The highest BCUT2D eigenvalue weighted by molar-refractivity contribution is 6.02. The summed E-state index contributed by atoms with van der Waals surface area (Å²) < 4.78 is 15.7. The van der Waals surface area contributed by atoms with E-state index in [0.29, 0.717) is 18.4 Å². The molecule has 2 aromatic carbocycles. The van der Waals surface area contributed by atoms with Gasteiger partial charge in [0.15, 0.2) is 5.69 Å². The summed E-state index contributed by atoms with van der Waals surface area (Å²) >= 11 is 0. The number of aromatic nitrogens is 1. The van der Waals surface area contributed by atoms with E-state index >= 15 is 0 Å². The summed E-state index contributed by atoms with van der Waals surface area (Å²) in [6, 6.07) is 12.5. The van der Waals surface area contributed by atoms with Crippen molar-refractivity contribution in [2.24, 2.45) is 10.2 Å². The fourth-order valence-corrected chi connectivity index (χ4v) is 3.76. The summed E-state index contributed by atoms with van der Waals surface area (Å²) in [5, 5.41) is 18.8. The minimum atomic E-state index is -0.881. The molecule has 2 N–H and O–H groups in total. The van der Waals surface area contributed by atoms with E-state index in [4.69, 9.17) is 14.2 Å². The molecule has 0 bridgehead atoms. The summed E-state index contributed by atoms with van der Waals surface area (Å²) in [6.45, 7) is 5.96. The van der Waals surface area contributed by atoms with Crippen molar-refractivity contribution in [3.63, 3.8) is 0 Å². The van der Waals surface area contributed by atoms with Gasteiger partial charge in [0.05, 0.1) is 30.9 Å². The number of aromatic hydroxyl groups is 1. The molecule has 0 aliphatic rings. The van der Waals surface area contributed by atoms with E-state index in [1.165, 1.54) is 18.2 Å². The minimum absolute atomic E-state index is 0.0112. The summed E-state index contributed by atoms with van der Waals surface area (Å²) in [5.41, 5.74) is -1.03. The third kappa shape index (κ3) is 7.87. The average Bonchev–Trinajstić information content (AvgIpc) is 2.96. The molecule has 3 aromatic rings. The molecule has 3 rings (SSSR count). The first-order valence-corrected chi connectivity index (χ1v) is 13.4. The largest absolute Gasteiger partial charge is 0.494 e. The van der Waals surface area contributed by atoms with Crippen LogP contribution in [0.2, 0.25) is 0 Å². The number of H-pyrrole nitrogens is 1. The second-order valence-corrected chi connectivity index (χ2v) is 8.90. The van der Waals surface area contributed by atoms with Crippen LogP contribution >= 0.6 is 0 Å². The lowest BCUT2D eigenvalue weighted by Gasteiger charge is -2.13. The molecular weight excluding hydrogens is 530 g/mol. The van der Waals surface area contributed by atoms with Gasteiger partial charge in [0, 0.05) is 5.56 Å². The molecule has 0 spiro atoms. The van der Waals surface area contributed by atoms with E-state index in [-0.39, 0.29) is 53.4 Å². The highest BCUT2D eigenvalue weighted by Gasteiger charge is 2.26. The molecule has 0 amide bonds. The zero-order chi connectivity index (χ0) is 29.8. The second-order valence-electron chi connectivity index (χ2n) is 8.90.